The lowest BCUT2D eigenvalue weighted by atomic mass is 10.2. The molecule has 1 rings (SSSR count). The van der Waals surface area contributed by atoms with E-state index in [1.165, 1.54) is 64.6 Å². The number of hydrogen-bond donors (Lipinski definition) is 0. The molecule has 2 heteroatoms. The van der Waals surface area contributed by atoms with Crippen LogP contribution < -0.4 is 0 Å². The molecule has 0 spiro atoms. The van der Waals surface area contributed by atoms with E-state index in [0.29, 0.717) is 0 Å². The average Bonchev–Trinajstić information content (AvgIpc) is 2.69. The maximum Gasteiger partial charge on any atom is -0.00183 e. The van der Waals surface area contributed by atoms with Gasteiger partial charge >= 0.3 is 0 Å². The molecule has 0 atom stereocenters. The molecule has 0 radical (unpaired) electrons. The molecule has 0 bridgehead atoms. The molecule has 94 valence electrons. The minimum atomic E-state index is 0. The summed E-state index contributed by atoms with van der Waals surface area (Å²) in [6.45, 7) is 10.7. The maximum atomic E-state index is 2.54. The standard InChI is InChI=1S/C7H15N.C6H14.ClH/c1-2-5-8-6-3-4-7-8;1-3-5-6-4-2;/h2-7H2,1H3;3-6H2,1-2H3;1H. The average molecular weight is 236 g/mol. The number of unbranched alkanes of at least 4 members (excludes halogenated alkanes) is 3. The molecule has 1 aliphatic heterocycles. The van der Waals surface area contributed by atoms with Gasteiger partial charge < -0.3 is 4.90 Å². The first-order valence-corrected chi connectivity index (χ1v) is 6.57. The monoisotopic (exact) mass is 235 g/mol. The van der Waals surface area contributed by atoms with Gasteiger partial charge in [0.25, 0.3) is 0 Å². The van der Waals surface area contributed by atoms with E-state index in [1.807, 2.05) is 0 Å². The van der Waals surface area contributed by atoms with E-state index in [2.05, 4.69) is 25.7 Å². The first-order chi connectivity index (χ1) is 6.85. The quantitative estimate of drug-likeness (QED) is 0.635. The Bertz CT molecular complexity index is 96.7. The SMILES string of the molecule is CCCCCC.CCCN1CCCC1.Cl. The summed E-state index contributed by atoms with van der Waals surface area (Å²) < 4.78 is 0. The molecule has 0 aromatic rings. The number of likely N-dealkylation sites (tertiary alicyclic amines) is 1. The molecule has 0 unspecified atom stereocenters. The van der Waals surface area contributed by atoms with Crippen LogP contribution in [-0.2, 0) is 0 Å². The van der Waals surface area contributed by atoms with Gasteiger partial charge in [0, 0.05) is 0 Å². The van der Waals surface area contributed by atoms with Crippen molar-refractivity contribution in [2.24, 2.45) is 0 Å². The van der Waals surface area contributed by atoms with E-state index >= 15 is 0 Å². The molecule has 1 fully saturated rings. The second kappa shape index (κ2) is 14.2. The lowest BCUT2D eigenvalue weighted by Gasteiger charge is -2.11. The lowest BCUT2D eigenvalue weighted by molar-refractivity contribution is 0.339. The maximum absolute atomic E-state index is 2.54. The number of halogens is 1. The van der Waals surface area contributed by atoms with Gasteiger partial charge in [-0.1, -0.05) is 46.5 Å². The summed E-state index contributed by atoms with van der Waals surface area (Å²) in [5.41, 5.74) is 0. The van der Waals surface area contributed by atoms with Gasteiger partial charge in [-0.3, -0.25) is 0 Å². The van der Waals surface area contributed by atoms with Gasteiger partial charge in [0.15, 0.2) is 0 Å². The van der Waals surface area contributed by atoms with Crippen molar-refractivity contribution >= 4 is 12.4 Å². The minimum absolute atomic E-state index is 0. The Morgan fingerprint density at radius 2 is 1.27 bits per heavy atom. The fourth-order valence-corrected chi connectivity index (χ4v) is 1.82. The highest BCUT2D eigenvalue weighted by Crippen LogP contribution is 2.06. The predicted molar refractivity (Wildman–Crippen MR) is 73.0 cm³/mol. The van der Waals surface area contributed by atoms with E-state index in [0.717, 1.165) is 0 Å². The fraction of sp³-hybridized carbons (Fsp3) is 1.00. The van der Waals surface area contributed by atoms with E-state index in [1.54, 1.807) is 0 Å². The summed E-state index contributed by atoms with van der Waals surface area (Å²) in [5, 5.41) is 0. The van der Waals surface area contributed by atoms with Gasteiger partial charge in [0.05, 0.1) is 0 Å². The van der Waals surface area contributed by atoms with Gasteiger partial charge in [-0.25, -0.2) is 0 Å². The van der Waals surface area contributed by atoms with E-state index < -0.39 is 0 Å². The van der Waals surface area contributed by atoms with Crippen LogP contribution in [-0.4, -0.2) is 24.5 Å². The van der Waals surface area contributed by atoms with Crippen molar-refractivity contribution in [1.29, 1.82) is 0 Å². The Morgan fingerprint density at radius 3 is 1.60 bits per heavy atom. The van der Waals surface area contributed by atoms with Gasteiger partial charge in [-0.2, -0.15) is 0 Å². The van der Waals surface area contributed by atoms with Crippen LogP contribution in [0.1, 0.15) is 65.7 Å². The molecular formula is C13H30ClN. The molecule has 1 heterocycles. The fourth-order valence-electron chi connectivity index (χ4n) is 1.82. The molecule has 0 aliphatic carbocycles. The second-order valence-corrected chi connectivity index (χ2v) is 4.26. The predicted octanol–water partition coefficient (Wildman–Crippen LogP) is 4.50. The summed E-state index contributed by atoms with van der Waals surface area (Å²) in [6, 6.07) is 0. The summed E-state index contributed by atoms with van der Waals surface area (Å²) in [5.74, 6) is 0. The van der Waals surface area contributed by atoms with E-state index in [4.69, 9.17) is 0 Å². The third kappa shape index (κ3) is 12.2. The minimum Gasteiger partial charge on any atom is -0.303 e. The molecule has 0 aromatic carbocycles. The number of hydrogen-bond acceptors (Lipinski definition) is 1. The highest BCUT2D eigenvalue weighted by Gasteiger charge is 2.08. The second-order valence-electron chi connectivity index (χ2n) is 4.26. The Morgan fingerprint density at radius 1 is 0.800 bits per heavy atom. The van der Waals surface area contributed by atoms with Crippen LogP contribution in [0.15, 0.2) is 0 Å². The molecule has 0 amide bonds. The van der Waals surface area contributed by atoms with Crippen molar-refractivity contribution < 1.29 is 0 Å². The van der Waals surface area contributed by atoms with Crippen LogP contribution >= 0.6 is 12.4 Å². The molecule has 0 saturated carbocycles. The summed E-state index contributed by atoms with van der Waals surface area (Å²) >= 11 is 0. The van der Waals surface area contributed by atoms with Gasteiger partial charge in [0.1, 0.15) is 0 Å². The smallest absolute Gasteiger partial charge is 0.00183 e. The zero-order chi connectivity index (χ0) is 10.6. The van der Waals surface area contributed by atoms with Crippen molar-refractivity contribution in [3.63, 3.8) is 0 Å². The topological polar surface area (TPSA) is 3.24 Å². The Kier molecular flexibility index (Phi) is 16.8. The highest BCUT2D eigenvalue weighted by molar-refractivity contribution is 5.85. The first kappa shape index (κ1) is 17.6. The van der Waals surface area contributed by atoms with Crippen LogP contribution in [0, 0.1) is 0 Å². The van der Waals surface area contributed by atoms with Crippen molar-refractivity contribution in [3.8, 4) is 0 Å². The van der Waals surface area contributed by atoms with Gasteiger partial charge in [0.2, 0.25) is 0 Å². The van der Waals surface area contributed by atoms with Crippen LogP contribution in [0.2, 0.25) is 0 Å². The largest absolute Gasteiger partial charge is 0.303 e. The van der Waals surface area contributed by atoms with Crippen LogP contribution in [0.3, 0.4) is 0 Å². The van der Waals surface area contributed by atoms with Crippen LogP contribution in [0.25, 0.3) is 0 Å². The Labute approximate surface area is 103 Å². The summed E-state index contributed by atoms with van der Waals surface area (Å²) in [4.78, 5) is 2.54. The third-order valence-corrected chi connectivity index (χ3v) is 2.70. The summed E-state index contributed by atoms with van der Waals surface area (Å²) in [6.07, 6.45) is 9.72. The van der Waals surface area contributed by atoms with Crippen molar-refractivity contribution in [1.82, 2.24) is 4.90 Å². The first-order valence-electron chi connectivity index (χ1n) is 6.57. The normalized spacial score (nSPS) is 15.4. The van der Waals surface area contributed by atoms with Crippen LogP contribution in [0.5, 0.6) is 0 Å². The third-order valence-electron chi connectivity index (χ3n) is 2.70. The van der Waals surface area contributed by atoms with Gasteiger partial charge in [-0.15, -0.1) is 12.4 Å². The molecule has 1 nitrogen and oxygen atoms in total. The van der Waals surface area contributed by atoms with E-state index in [9.17, 15) is 0 Å². The highest BCUT2D eigenvalue weighted by atomic mass is 35.5. The zero-order valence-electron chi connectivity index (χ0n) is 10.9. The number of rotatable bonds is 5. The summed E-state index contributed by atoms with van der Waals surface area (Å²) in [7, 11) is 0. The molecule has 0 N–H and O–H groups in total. The molecule has 1 saturated heterocycles. The molecular weight excluding hydrogens is 206 g/mol. The number of nitrogens with zero attached hydrogens (tertiary/aromatic N) is 1. The van der Waals surface area contributed by atoms with E-state index in [-0.39, 0.29) is 12.4 Å². The van der Waals surface area contributed by atoms with Crippen LogP contribution in [0.4, 0.5) is 0 Å². The Hall–Kier alpha value is 0.250. The van der Waals surface area contributed by atoms with Crippen molar-refractivity contribution in [3.05, 3.63) is 0 Å². The Balaban J connectivity index is 0. The molecule has 1 aliphatic rings. The van der Waals surface area contributed by atoms with Crippen molar-refractivity contribution in [2.45, 2.75) is 65.7 Å². The molecule has 15 heavy (non-hydrogen) atoms. The molecule has 0 aromatic heterocycles. The van der Waals surface area contributed by atoms with Gasteiger partial charge in [-0.05, 0) is 38.9 Å². The van der Waals surface area contributed by atoms with Crippen molar-refractivity contribution in [2.75, 3.05) is 19.6 Å². The zero-order valence-corrected chi connectivity index (χ0v) is 11.7. The lowest BCUT2D eigenvalue weighted by Crippen LogP contribution is -2.19.